The van der Waals surface area contributed by atoms with Gasteiger partial charge in [0.1, 0.15) is 5.82 Å². The summed E-state index contributed by atoms with van der Waals surface area (Å²) >= 11 is 0. The van der Waals surface area contributed by atoms with Crippen molar-refractivity contribution in [2.24, 2.45) is 0 Å². The first-order valence-electron chi connectivity index (χ1n) is 11.3. The fourth-order valence-electron chi connectivity index (χ4n) is 4.05. The lowest BCUT2D eigenvalue weighted by atomic mass is 10.1. The van der Waals surface area contributed by atoms with E-state index in [1.54, 1.807) is 31.2 Å². The summed E-state index contributed by atoms with van der Waals surface area (Å²) in [6.45, 7) is 5.55. The number of rotatable bonds is 4. The van der Waals surface area contributed by atoms with Crippen molar-refractivity contribution in [1.82, 2.24) is 14.5 Å². The predicted octanol–water partition coefficient (Wildman–Crippen LogP) is 6.25. The number of benzene rings is 3. The highest BCUT2D eigenvalue weighted by Gasteiger charge is 2.31. The Hall–Kier alpha value is -4.14. The Labute approximate surface area is 206 Å². The Kier molecular flexibility index (Phi) is 6.58. The number of fused-ring (bicyclic) bond motifs is 1. The molecule has 1 N–H and O–H groups in total. The minimum absolute atomic E-state index is 0.00659. The molecule has 1 heterocycles. The van der Waals surface area contributed by atoms with E-state index in [0.717, 1.165) is 23.3 Å². The number of nitrogens with one attached hydrogen (secondary N) is 1. The van der Waals surface area contributed by atoms with Crippen LogP contribution in [-0.2, 0) is 6.18 Å². The number of amides is 2. The van der Waals surface area contributed by atoms with Crippen LogP contribution in [0.4, 0.5) is 23.7 Å². The molecule has 36 heavy (non-hydrogen) atoms. The number of hydrogen-bond acceptors (Lipinski definition) is 3. The number of aromatic nitrogens is 2. The second-order valence-electron chi connectivity index (χ2n) is 8.71. The monoisotopic (exact) mass is 494 g/mol. The summed E-state index contributed by atoms with van der Waals surface area (Å²) in [7, 11) is 1.50. The second-order valence-corrected chi connectivity index (χ2v) is 8.71. The van der Waals surface area contributed by atoms with Crippen LogP contribution < -0.4 is 10.9 Å². The molecule has 3 aromatic carbocycles. The first-order chi connectivity index (χ1) is 17.0. The molecule has 0 bridgehead atoms. The molecular formula is C27H25F3N4O2. The minimum Gasteiger partial charge on any atom is -0.318 e. The lowest BCUT2D eigenvalue weighted by Gasteiger charge is -2.27. The fourth-order valence-corrected chi connectivity index (χ4v) is 4.05. The van der Waals surface area contributed by atoms with Crippen LogP contribution in [-0.4, -0.2) is 27.5 Å². The van der Waals surface area contributed by atoms with Crippen molar-refractivity contribution in [2.75, 3.05) is 12.4 Å². The Morgan fingerprint density at radius 2 is 1.75 bits per heavy atom. The molecule has 9 heteroatoms. The number of hydrogen-bond donors (Lipinski definition) is 1. The third-order valence-corrected chi connectivity index (χ3v) is 6.11. The standard InChI is InChI=1S/C27H25F3N4O2/c1-16-12-13-23(17(2)14-16)34-24(32-22-11-6-5-10-21(22)25(34)35)18(3)33(4)26(36)31-20-9-7-8-19(15-20)27(28,29)30/h5-15,18H,1-4H3,(H,31,36). The van der Waals surface area contributed by atoms with Gasteiger partial charge in [0, 0.05) is 12.7 Å². The molecule has 6 nitrogen and oxygen atoms in total. The smallest absolute Gasteiger partial charge is 0.318 e. The Bertz CT molecular complexity index is 1510. The van der Waals surface area contributed by atoms with Crippen LogP contribution in [0.15, 0.2) is 71.5 Å². The Morgan fingerprint density at radius 3 is 2.44 bits per heavy atom. The molecule has 0 fully saturated rings. The van der Waals surface area contributed by atoms with E-state index in [-0.39, 0.29) is 11.2 Å². The number of urea groups is 1. The zero-order valence-corrected chi connectivity index (χ0v) is 20.2. The van der Waals surface area contributed by atoms with Crippen LogP contribution in [0.5, 0.6) is 0 Å². The Morgan fingerprint density at radius 1 is 1.03 bits per heavy atom. The molecule has 0 saturated carbocycles. The quantitative estimate of drug-likeness (QED) is 0.365. The summed E-state index contributed by atoms with van der Waals surface area (Å²) in [6.07, 6.45) is -4.53. The van der Waals surface area contributed by atoms with Crippen LogP contribution in [0.25, 0.3) is 16.6 Å². The lowest BCUT2D eigenvalue weighted by Crippen LogP contribution is -2.37. The van der Waals surface area contributed by atoms with E-state index in [9.17, 15) is 22.8 Å². The number of carbonyl (C=O) groups is 1. The van der Waals surface area contributed by atoms with Gasteiger partial charge in [-0.3, -0.25) is 9.36 Å². The van der Waals surface area contributed by atoms with Gasteiger partial charge in [-0.1, -0.05) is 35.9 Å². The number of alkyl halides is 3. The van der Waals surface area contributed by atoms with Gasteiger partial charge in [-0.2, -0.15) is 13.2 Å². The number of carbonyl (C=O) groups excluding carboxylic acids is 1. The third-order valence-electron chi connectivity index (χ3n) is 6.11. The van der Waals surface area contributed by atoms with Crippen LogP contribution in [0.2, 0.25) is 0 Å². The van der Waals surface area contributed by atoms with E-state index >= 15 is 0 Å². The number of anilines is 1. The van der Waals surface area contributed by atoms with Crippen molar-refractivity contribution in [2.45, 2.75) is 33.0 Å². The molecule has 4 rings (SSSR count). The van der Waals surface area contributed by atoms with E-state index in [0.29, 0.717) is 22.4 Å². The molecule has 0 saturated heterocycles. The molecule has 0 aliphatic rings. The lowest BCUT2D eigenvalue weighted by molar-refractivity contribution is -0.137. The summed E-state index contributed by atoms with van der Waals surface area (Å²) in [5, 5.41) is 2.94. The van der Waals surface area contributed by atoms with Gasteiger partial charge in [0.15, 0.2) is 0 Å². The van der Waals surface area contributed by atoms with Crippen molar-refractivity contribution in [1.29, 1.82) is 0 Å². The van der Waals surface area contributed by atoms with Crippen molar-refractivity contribution < 1.29 is 18.0 Å². The molecule has 0 radical (unpaired) electrons. The molecular weight excluding hydrogens is 469 g/mol. The maximum atomic E-state index is 13.6. The highest BCUT2D eigenvalue weighted by molar-refractivity contribution is 5.89. The molecule has 1 atom stereocenters. The molecule has 0 spiro atoms. The second kappa shape index (κ2) is 9.49. The van der Waals surface area contributed by atoms with Crippen LogP contribution >= 0.6 is 0 Å². The number of para-hydroxylation sites is 1. The Balaban J connectivity index is 1.76. The molecule has 4 aromatic rings. The van der Waals surface area contributed by atoms with Crippen molar-refractivity contribution in [3.05, 3.63) is 99.6 Å². The van der Waals surface area contributed by atoms with Crippen molar-refractivity contribution >= 4 is 22.6 Å². The van der Waals surface area contributed by atoms with E-state index < -0.39 is 23.8 Å². The molecule has 0 aliphatic heterocycles. The van der Waals surface area contributed by atoms with Gasteiger partial charge in [-0.15, -0.1) is 0 Å². The zero-order chi connectivity index (χ0) is 26.2. The third kappa shape index (κ3) is 4.82. The van der Waals surface area contributed by atoms with Crippen molar-refractivity contribution in [3.63, 3.8) is 0 Å². The highest BCUT2D eigenvalue weighted by atomic mass is 19.4. The predicted molar refractivity (Wildman–Crippen MR) is 133 cm³/mol. The maximum absolute atomic E-state index is 13.6. The molecule has 1 unspecified atom stereocenters. The zero-order valence-electron chi connectivity index (χ0n) is 20.2. The van der Waals surface area contributed by atoms with Gasteiger partial charge in [0.05, 0.1) is 28.2 Å². The van der Waals surface area contributed by atoms with Gasteiger partial charge in [-0.25, -0.2) is 9.78 Å². The van der Waals surface area contributed by atoms with Gasteiger partial charge >= 0.3 is 12.2 Å². The molecule has 0 aliphatic carbocycles. The SMILES string of the molecule is Cc1ccc(-n2c(C(C)N(C)C(=O)Nc3cccc(C(F)(F)F)c3)nc3ccccc3c2=O)c(C)c1. The summed E-state index contributed by atoms with van der Waals surface area (Å²) in [4.78, 5) is 32.6. The van der Waals surface area contributed by atoms with E-state index in [1.807, 2.05) is 32.0 Å². The van der Waals surface area contributed by atoms with E-state index in [1.165, 1.54) is 28.6 Å². The first kappa shape index (κ1) is 25.0. The van der Waals surface area contributed by atoms with Crippen LogP contribution in [0, 0.1) is 13.8 Å². The van der Waals surface area contributed by atoms with Gasteiger partial charge in [-0.05, 0) is 62.7 Å². The van der Waals surface area contributed by atoms with Crippen LogP contribution in [0.3, 0.4) is 0 Å². The summed E-state index contributed by atoms with van der Waals surface area (Å²) in [6, 6.07) is 15.7. The van der Waals surface area contributed by atoms with Crippen molar-refractivity contribution in [3.8, 4) is 5.69 Å². The first-order valence-corrected chi connectivity index (χ1v) is 11.3. The summed E-state index contributed by atoms with van der Waals surface area (Å²) < 4.78 is 40.7. The largest absolute Gasteiger partial charge is 0.416 e. The fraction of sp³-hybridized carbons (Fsp3) is 0.222. The molecule has 2 amide bonds. The van der Waals surface area contributed by atoms with Gasteiger partial charge < -0.3 is 10.2 Å². The number of halogens is 3. The van der Waals surface area contributed by atoms with Crippen LogP contribution in [0.1, 0.15) is 35.5 Å². The number of nitrogens with zero attached hydrogens (tertiary/aromatic N) is 3. The summed E-state index contributed by atoms with van der Waals surface area (Å²) in [5.74, 6) is 0.326. The van der Waals surface area contributed by atoms with E-state index in [2.05, 4.69) is 5.32 Å². The topological polar surface area (TPSA) is 67.2 Å². The molecule has 186 valence electrons. The average molecular weight is 495 g/mol. The summed E-state index contributed by atoms with van der Waals surface area (Å²) in [5.41, 5.74) is 1.88. The minimum atomic E-state index is -4.53. The average Bonchev–Trinajstić information content (AvgIpc) is 2.83. The number of aryl methyl sites for hydroxylation is 2. The normalized spacial score (nSPS) is 12.4. The molecule has 1 aromatic heterocycles. The van der Waals surface area contributed by atoms with Gasteiger partial charge in [0.2, 0.25) is 0 Å². The van der Waals surface area contributed by atoms with Gasteiger partial charge in [0.25, 0.3) is 5.56 Å². The van der Waals surface area contributed by atoms with E-state index in [4.69, 9.17) is 4.98 Å². The highest BCUT2D eigenvalue weighted by Crippen LogP contribution is 2.31. The maximum Gasteiger partial charge on any atom is 0.416 e.